The number of carbonyl (C=O) groups is 1. The third-order valence-corrected chi connectivity index (χ3v) is 3.90. The number of hydrogen-bond donors (Lipinski definition) is 2. The van der Waals surface area contributed by atoms with Crippen molar-refractivity contribution in [1.29, 1.82) is 0 Å². The summed E-state index contributed by atoms with van der Waals surface area (Å²) in [5.74, 6) is -0.276. The molecular weight excluding hydrogens is 344 g/mol. The van der Waals surface area contributed by atoms with Crippen molar-refractivity contribution < 1.29 is 38.7 Å². The van der Waals surface area contributed by atoms with E-state index in [4.69, 9.17) is 33.9 Å². The number of ether oxygens (including phenoxy) is 5. The van der Waals surface area contributed by atoms with Crippen LogP contribution in [0.4, 0.5) is 0 Å². The van der Waals surface area contributed by atoms with Gasteiger partial charge in [0.15, 0.2) is 6.29 Å². The van der Waals surface area contributed by atoms with Gasteiger partial charge in [-0.15, -0.1) is 0 Å². The van der Waals surface area contributed by atoms with Crippen LogP contribution < -0.4 is 0 Å². The van der Waals surface area contributed by atoms with Crippen molar-refractivity contribution in [2.75, 3.05) is 40.0 Å². The average Bonchev–Trinajstić information content (AvgIpc) is 2.60. The van der Waals surface area contributed by atoms with Crippen LogP contribution in [-0.4, -0.2) is 68.6 Å². The summed E-state index contributed by atoms with van der Waals surface area (Å²) in [4.78, 5) is 12.1. The monoisotopic (exact) mass is 380 g/mol. The molecule has 1 unspecified atom stereocenters. The molecule has 0 aromatic carbocycles. The first-order chi connectivity index (χ1) is 12.3. The van der Waals surface area contributed by atoms with E-state index in [-0.39, 0.29) is 32.8 Å². The van der Waals surface area contributed by atoms with Crippen molar-refractivity contribution >= 4 is 5.97 Å². The van der Waals surface area contributed by atoms with E-state index in [1.807, 2.05) is 27.7 Å². The van der Waals surface area contributed by atoms with Crippen molar-refractivity contribution in [3.63, 3.8) is 0 Å². The normalized spacial score (nSPS) is 13.2. The molecule has 0 spiro atoms. The van der Waals surface area contributed by atoms with E-state index in [2.05, 4.69) is 0 Å². The fraction of sp³-hybridized carbons (Fsp3) is 0.944. The number of esters is 1. The second kappa shape index (κ2) is 15.3. The van der Waals surface area contributed by atoms with Gasteiger partial charge in [0, 0.05) is 13.2 Å². The highest BCUT2D eigenvalue weighted by Gasteiger charge is 2.28. The van der Waals surface area contributed by atoms with Crippen molar-refractivity contribution in [3.05, 3.63) is 0 Å². The molecule has 0 aromatic heterocycles. The minimum atomic E-state index is -1.28. The van der Waals surface area contributed by atoms with Crippen molar-refractivity contribution in [1.82, 2.24) is 0 Å². The van der Waals surface area contributed by atoms with Crippen LogP contribution in [0.2, 0.25) is 0 Å². The van der Waals surface area contributed by atoms with Gasteiger partial charge in [-0.2, -0.15) is 0 Å². The summed E-state index contributed by atoms with van der Waals surface area (Å²) < 4.78 is 26.7. The molecule has 0 aliphatic carbocycles. The zero-order valence-electron chi connectivity index (χ0n) is 16.6. The van der Waals surface area contributed by atoms with Gasteiger partial charge >= 0.3 is 5.97 Å². The number of hydrogen-bond acceptors (Lipinski definition) is 8. The molecule has 0 heterocycles. The van der Waals surface area contributed by atoms with Crippen LogP contribution >= 0.6 is 0 Å². The zero-order valence-corrected chi connectivity index (χ0v) is 16.6. The van der Waals surface area contributed by atoms with E-state index in [1.54, 1.807) is 0 Å². The Labute approximate surface area is 156 Å². The molecule has 0 saturated heterocycles. The molecule has 0 fully saturated rings. The fourth-order valence-corrected chi connectivity index (χ4v) is 1.71. The molecule has 2 N–H and O–H groups in total. The Balaban J connectivity index is 4.11. The minimum Gasteiger partial charge on any atom is -0.462 e. The van der Waals surface area contributed by atoms with Crippen LogP contribution in [0.3, 0.4) is 0 Å². The first-order valence-corrected chi connectivity index (χ1v) is 9.21. The first kappa shape index (κ1) is 25.2. The second-order valence-electron chi connectivity index (χ2n) is 6.61. The molecule has 0 aliphatic rings. The summed E-state index contributed by atoms with van der Waals surface area (Å²) >= 11 is 0. The maximum absolute atomic E-state index is 12.1. The lowest BCUT2D eigenvalue weighted by Gasteiger charge is -2.23. The Hall–Kier alpha value is -0.770. The number of unbranched alkanes of at least 4 members (excludes halogenated alkanes) is 1. The van der Waals surface area contributed by atoms with Crippen molar-refractivity contribution in [2.24, 2.45) is 5.41 Å². The summed E-state index contributed by atoms with van der Waals surface area (Å²) in [6, 6.07) is 0. The topological polar surface area (TPSA) is 104 Å². The third-order valence-electron chi connectivity index (χ3n) is 3.90. The number of rotatable bonds is 17. The van der Waals surface area contributed by atoms with Gasteiger partial charge in [-0.3, -0.25) is 4.79 Å². The van der Waals surface area contributed by atoms with Gasteiger partial charge in [-0.1, -0.05) is 6.92 Å². The molecule has 0 saturated carbocycles. The van der Waals surface area contributed by atoms with Gasteiger partial charge in [0.25, 0.3) is 0 Å². The lowest BCUT2D eigenvalue weighted by Crippen LogP contribution is -2.33. The van der Waals surface area contributed by atoms with Crippen LogP contribution in [0.25, 0.3) is 0 Å². The van der Waals surface area contributed by atoms with E-state index in [1.165, 1.54) is 0 Å². The molecule has 8 nitrogen and oxygen atoms in total. The quantitative estimate of drug-likeness (QED) is 0.224. The molecular formula is C18H36O8. The van der Waals surface area contributed by atoms with E-state index in [9.17, 15) is 4.79 Å². The zero-order chi connectivity index (χ0) is 19.8. The molecule has 0 aliphatic heterocycles. The Morgan fingerprint density at radius 3 is 2.35 bits per heavy atom. The Morgan fingerprint density at radius 1 is 1.00 bits per heavy atom. The molecule has 8 heteroatoms. The summed E-state index contributed by atoms with van der Waals surface area (Å²) in [5, 5.41) is 17.5. The van der Waals surface area contributed by atoms with Crippen LogP contribution in [0, 0.1) is 5.41 Å². The van der Waals surface area contributed by atoms with Crippen LogP contribution in [-0.2, 0) is 28.5 Å². The van der Waals surface area contributed by atoms with Crippen LogP contribution in [0.15, 0.2) is 0 Å². The predicted octanol–water partition coefficient (Wildman–Crippen LogP) is 1.82. The third kappa shape index (κ3) is 13.4. The highest BCUT2D eigenvalue weighted by molar-refractivity contribution is 5.75. The Kier molecular flexibility index (Phi) is 14.9. The molecule has 26 heavy (non-hydrogen) atoms. The molecule has 0 aromatic rings. The highest BCUT2D eigenvalue weighted by atomic mass is 16.7. The van der Waals surface area contributed by atoms with E-state index in [0.29, 0.717) is 38.9 Å². The van der Waals surface area contributed by atoms with E-state index in [0.717, 1.165) is 0 Å². The number of aliphatic hydroxyl groups excluding tert-OH is 1. The molecule has 0 rings (SSSR count). The van der Waals surface area contributed by atoms with Gasteiger partial charge in [-0.05, 0) is 46.5 Å². The van der Waals surface area contributed by atoms with Crippen LogP contribution in [0.5, 0.6) is 0 Å². The van der Waals surface area contributed by atoms with Gasteiger partial charge < -0.3 is 33.9 Å². The number of carbonyl (C=O) groups excluding carboxylic acids is 1. The van der Waals surface area contributed by atoms with Gasteiger partial charge in [-0.25, -0.2) is 0 Å². The summed E-state index contributed by atoms with van der Waals surface area (Å²) in [6.07, 6.45) is 0.631. The fourth-order valence-electron chi connectivity index (χ4n) is 1.71. The minimum absolute atomic E-state index is 0.0407. The average molecular weight is 380 g/mol. The SMILES string of the molecule is CCOCOCC(COC(=O)C(C)(C)CC)OCOCCCCC(O)O. The standard InChI is InChI=1S/C18H36O8/c1-5-18(3,4)17(21)25-12-15(11-24-13-22-6-2)26-14-23-10-8-7-9-16(19)20/h15-16,19-20H,5-14H2,1-4H3. The van der Waals surface area contributed by atoms with Crippen molar-refractivity contribution in [3.8, 4) is 0 Å². The van der Waals surface area contributed by atoms with Gasteiger partial charge in [0.2, 0.25) is 0 Å². The summed E-state index contributed by atoms with van der Waals surface area (Å²) in [5.41, 5.74) is -0.537. The molecule has 156 valence electrons. The Morgan fingerprint density at radius 2 is 1.73 bits per heavy atom. The maximum atomic E-state index is 12.1. The molecule has 0 amide bonds. The lowest BCUT2D eigenvalue weighted by atomic mass is 9.91. The maximum Gasteiger partial charge on any atom is 0.311 e. The summed E-state index contributed by atoms with van der Waals surface area (Å²) in [6.45, 7) is 8.97. The summed E-state index contributed by atoms with van der Waals surface area (Å²) in [7, 11) is 0. The lowest BCUT2D eigenvalue weighted by molar-refractivity contribution is -0.171. The molecule has 0 bridgehead atoms. The van der Waals surface area contributed by atoms with Crippen molar-refractivity contribution in [2.45, 2.75) is 65.8 Å². The van der Waals surface area contributed by atoms with Gasteiger partial charge in [0.05, 0.1) is 12.0 Å². The predicted molar refractivity (Wildman–Crippen MR) is 95.2 cm³/mol. The first-order valence-electron chi connectivity index (χ1n) is 9.21. The smallest absolute Gasteiger partial charge is 0.311 e. The Bertz CT molecular complexity index is 346. The van der Waals surface area contributed by atoms with Crippen LogP contribution in [0.1, 0.15) is 53.4 Å². The van der Waals surface area contributed by atoms with E-state index < -0.39 is 17.8 Å². The second-order valence-corrected chi connectivity index (χ2v) is 6.61. The molecule has 0 radical (unpaired) electrons. The largest absolute Gasteiger partial charge is 0.462 e. The van der Waals surface area contributed by atoms with E-state index >= 15 is 0 Å². The van der Waals surface area contributed by atoms with Gasteiger partial charge in [0.1, 0.15) is 26.3 Å². The molecule has 1 atom stereocenters. The highest BCUT2D eigenvalue weighted by Crippen LogP contribution is 2.21. The number of aliphatic hydroxyl groups is 2.